The lowest BCUT2D eigenvalue weighted by Gasteiger charge is -2.01. The van der Waals surface area contributed by atoms with Gasteiger partial charge in [0.2, 0.25) is 0 Å². The Kier molecular flexibility index (Phi) is 2.31. The Morgan fingerprint density at radius 1 is 1.24 bits per heavy atom. The highest BCUT2D eigenvalue weighted by Gasteiger charge is 2.13. The van der Waals surface area contributed by atoms with Gasteiger partial charge in [-0.3, -0.25) is 5.10 Å². The van der Waals surface area contributed by atoms with Gasteiger partial charge in [-0.2, -0.15) is 4.98 Å². The van der Waals surface area contributed by atoms with Crippen molar-refractivity contribution < 1.29 is 0 Å². The van der Waals surface area contributed by atoms with Crippen molar-refractivity contribution >= 4 is 29.0 Å². The van der Waals surface area contributed by atoms with Gasteiger partial charge in [0, 0.05) is 5.56 Å². The minimum atomic E-state index is 0.469. The number of nitrogens with zero attached hydrogens (tertiary/aromatic N) is 4. The van der Waals surface area contributed by atoms with Crippen molar-refractivity contribution in [3.05, 3.63) is 34.1 Å². The normalized spacial score (nSPS) is 11.2. The first-order valence-electron chi connectivity index (χ1n) is 4.89. The molecule has 2 aromatic heterocycles. The molecule has 0 saturated heterocycles. The molecule has 86 valence electrons. The van der Waals surface area contributed by atoms with Gasteiger partial charge >= 0.3 is 0 Å². The molecule has 1 N–H and O–H groups in total. The number of aromatic amines is 1. The molecule has 3 aromatic rings. The minimum absolute atomic E-state index is 0.469. The SMILES string of the molecule is Cc1nnc2nc(-c3cccc(Cl)c3Cl)[nH]n12. The molecule has 0 bridgehead atoms. The Balaban J connectivity index is 2.23. The number of aromatic nitrogens is 5. The van der Waals surface area contributed by atoms with E-state index in [9.17, 15) is 0 Å². The number of fused-ring (bicyclic) bond motifs is 1. The maximum absolute atomic E-state index is 6.12. The van der Waals surface area contributed by atoms with E-state index in [2.05, 4.69) is 20.3 Å². The molecular formula is C10H7Cl2N5. The van der Waals surface area contributed by atoms with Crippen LogP contribution in [0, 0.1) is 6.92 Å². The topological polar surface area (TPSA) is 58.9 Å². The molecule has 0 amide bonds. The number of rotatable bonds is 1. The van der Waals surface area contributed by atoms with E-state index in [4.69, 9.17) is 23.2 Å². The second-order valence-corrected chi connectivity index (χ2v) is 4.34. The Morgan fingerprint density at radius 2 is 2.06 bits per heavy atom. The van der Waals surface area contributed by atoms with Crippen LogP contribution in [0.25, 0.3) is 17.2 Å². The van der Waals surface area contributed by atoms with Crippen molar-refractivity contribution in [2.75, 3.05) is 0 Å². The number of H-pyrrole nitrogens is 1. The first-order valence-corrected chi connectivity index (χ1v) is 5.64. The quantitative estimate of drug-likeness (QED) is 0.738. The molecule has 0 unspecified atom stereocenters. The molecule has 0 spiro atoms. The van der Waals surface area contributed by atoms with Crippen LogP contribution in [0.1, 0.15) is 5.82 Å². The van der Waals surface area contributed by atoms with E-state index in [1.54, 1.807) is 10.6 Å². The standard InChI is InChI=1S/C10H7Cl2N5/c1-5-14-15-10-13-9(16-17(5)10)6-3-2-4-7(11)8(6)12/h2-4H,1H3,(H,13,15,16). The molecule has 0 aliphatic rings. The van der Waals surface area contributed by atoms with Gasteiger partial charge in [0.25, 0.3) is 5.78 Å². The average Bonchev–Trinajstić information content (AvgIpc) is 2.85. The molecule has 1 aromatic carbocycles. The summed E-state index contributed by atoms with van der Waals surface area (Å²) < 4.78 is 1.69. The summed E-state index contributed by atoms with van der Waals surface area (Å²) in [7, 11) is 0. The number of hydrogen-bond acceptors (Lipinski definition) is 3. The van der Waals surface area contributed by atoms with Crippen LogP contribution >= 0.6 is 23.2 Å². The van der Waals surface area contributed by atoms with Crippen molar-refractivity contribution in [1.82, 2.24) is 24.8 Å². The zero-order valence-electron chi connectivity index (χ0n) is 8.78. The van der Waals surface area contributed by atoms with Crippen LogP contribution in [-0.4, -0.2) is 24.8 Å². The molecule has 5 nitrogen and oxygen atoms in total. The van der Waals surface area contributed by atoms with Gasteiger partial charge in [-0.25, -0.2) is 4.52 Å². The van der Waals surface area contributed by atoms with Crippen molar-refractivity contribution in [3.63, 3.8) is 0 Å². The maximum Gasteiger partial charge on any atom is 0.272 e. The maximum atomic E-state index is 6.12. The van der Waals surface area contributed by atoms with Gasteiger partial charge in [-0.1, -0.05) is 29.3 Å². The zero-order chi connectivity index (χ0) is 12.0. The van der Waals surface area contributed by atoms with E-state index in [-0.39, 0.29) is 0 Å². The van der Waals surface area contributed by atoms with Crippen LogP contribution in [0.15, 0.2) is 18.2 Å². The molecule has 3 rings (SSSR count). The number of hydrogen-bond donors (Lipinski definition) is 1. The highest BCUT2D eigenvalue weighted by Crippen LogP contribution is 2.31. The monoisotopic (exact) mass is 267 g/mol. The minimum Gasteiger partial charge on any atom is -0.272 e. The Bertz CT molecular complexity index is 700. The predicted octanol–water partition coefficient (Wildman–Crippen LogP) is 2.73. The van der Waals surface area contributed by atoms with Gasteiger partial charge in [-0.05, 0) is 19.1 Å². The number of nitrogens with one attached hydrogen (secondary N) is 1. The van der Waals surface area contributed by atoms with Crippen LogP contribution < -0.4 is 0 Å². The summed E-state index contributed by atoms with van der Waals surface area (Å²) >= 11 is 12.1. The van der Waals surface area contributed by atoms with E-state index >= 15 is 0 Å². The van der Waals surface area contributed by atoms with Crippen molar-refractivity contribution in [1.29, 1.82) is 0 Å². The first kappa shape index (κ1) is 10.6. The number of benzene rings is 1. The van der Waals surface area contributed by atoms with Crippen LogP contribution in [0.2, 0.25) is 10.0 Å². The lowest BCUT2D eigenvalue weighted by Crippen LogP contribution is -1.89. The van der Waals surface area contributed by atoms with Gasteiger partial charge < -0.3 is 0 Å². The van der Waals surface area contributed by atoms with Crippen LogP contribution in [0.3, 0.4) is 0 Å². The molecule has 0 atom stereocenters. The molecule has 0 aliphatic carbocycles. The van der Waals surface area contributed by atoms with Crippen molar-refractivity contribution in [3.8, 4) is 11.4 Å². The molecular weight excluding hydrogens is 261 g/mol. The molecule has 0 fully saturated rings. The van der Waals surface area contributed by atoms with Crippen LogP contribution in [-0.2, 0) is 0 Å². The van der Waals surface area contributed by atoms with E-state index < -0.39 is 0 Å². The van der Waals surface area contributed by atoms with E-state index in [1.807, 2.05) is 19.1 Å². The van der Waals surface area contributed by atoms with Crippen LogP contribution in [0.5, 0.6) is 0 Å². The van der Waals surface area contributed by atoms with Crippen molar-refractivity contribution in [2.45, 2.75) is 6.92 Å². The zero-order valence-corrected chi connectivity index (χ0v) is 10.3. The summed E-state index contributed by atoms with van der Waals surface area (Å²) in [5.41, 5.74) is 0.740. The average molecular weight is 268 g/mol. The summed E-state index contributed by atoms with van der Waals surface area (Å²) in [5.74, 6) is 1.86. The van der Waals surface area contributed by atoms with Gasteiger partial charge in [0.15, 0.2) is 11.6 Å². The fourth-order valence-electron chi connectivity index (χ4n) is 1.59. The summed E-state index contributed by atoms with van der Waals surface area (Å²) in [4.78, 5) is 4.30. The Hall–Kier alpha value is -1.59. The lowest BCUT2D eigenvalue weighted by atomic mass is 10.2. The second-order valence-electron chi connectivity index (χ2n) is 3.56. The van der Waals surface area contributed by atoms with E-state index in [0.717, 1.165) is 11.4 Å². The van der Waals surface area contributed by atoms with Gasteiger partial charge in [-0.15, -0.1) is 10.2 Å². The van der Waals surface area contributed by atoms with E-state index in [0.29, 0.717) is 21.6 Å². The highest BCUT2D eigenvalue weighted by atomic mass is 35.5. The molecule has 0 radical (unpaired) electrons. The molecule has 17 heavy (non-hydrogen) atoms. The molecule has 7 heteroatoms. The summed E-state index contributed by atoms with van der Waals surface area (Å²) in [5, 5.41) is 11.8. The lowest BCUT2D eigenvalue weighted by molar-refractivity contribution is 0.896. The smallest absolute Gasteiger partial charge is 0.272 e. The number of aryl methyl sites for hydroxylation is 1. The highest BCUT2D eigenvalue weighted by molar-refractivity contribution is 6.43. The Labute approximate surface area is 106 Å². The van der Waals surface area contributed by atoms with E-state index in [1.165, 1.54) is 0 Å². The largest absolute Gasteiger partial charge is 0.272 e. The van der Waals surface area contributed by atoms with Gasteiger partial charge in [0.1, 0.15) is 0 Å². The molecule has 0 saturated carbocycles. The van der Waals surface area contributed by atoms with Crippen molar-refractivity contribution in [2.24, 2.45) is 0 Å². The van der Waals surface area contributed by atoms with Crippen LogP contribution in [0.4, 0.5) is 0 Å². The second kappa shape index (κ2) is 3.72. The molecule has 2 heterocycles. The third-order valence-electron chi connectivity index (χ3n) is 2.44. The fourth-order valence-corrected chi connectivity index (χ4v) is 1.98. The number of halogens is 2. The first-order chi connectivity index (χ1) is 8.16. The third kappa shape index (κ3) is 1.59. The Morgan fingerprint density at radius 3 is 2.82 bits per heavy atom. The summed E-state index contributed by atoms with van der Waals surface area (Å²) in [6, 6.07) is 5.39. The third-order valence-corrected chi connectivity index (χ3v) is 3.26. The molecule has 0 aliphatic heterocycles. The fraction of sp³-hybridized carbons (Fsp3) is 0.100. The summed E-state index contributed by atoms with van der Waals surface area (Å²) in [6.07, 6.45) is 0. The summed E-state index contributed by atoms with van der Waals surface area (Å²) in [6.45, 7) is 1.83. The van der Waals surface area contributed by atoms with Gasteiger partial charge in [0.05, 0.1) is 10.0 Å². The predicted molar refractivity (Wildman–Crippen MR) is 65.3 cm³/mol.